The summed E-state index contributed by atoms with van der Waals surface area (Å²) in [6, 6.07) is 3.58. The fourth-order valence-corrected chi connectivity index (χ4v) is 4.35. The summed E-state index contributed by atoms with van der Waals surface area (Å²) in [4.78, 5) is 24.4. The average molecular weight is 399 g/mol. The van der Waals surface area contributed by atoms with E-state index < -0.39 is 14.9 Å². The van der Waals surface area contributed by atoms with Gasteiger partial charge in [-0.1, -0.05) is 0 Å². The van der Waals surface area contributed by atoms with Crippen LogP contribution in [-0.2, 0) is 19.6 Å². The highest BCUT2D eigenvalue weighted by Crippen LogP contribution is 2.33. The predicted molar refractivity (Wildman–Crippen MR) is 100 cm³/mol. The van der Waals surface area contributed by atoms with Gasteiger partial charge in [0.05, 0.1) is 22.3 Å². The normalized spacial score (nSPS) is 15.8. The van der Waals surface area contributed by atoms with Crippen molar-refractivity contribution in [3.63, 3.8) is 0 Å². The van der Waals surface area contributed by atoms with Gasteiger partial charge in [-0.3, -0.25) is 14.9 Å². The van der Waals surface area contributed by atoms with Crippen LogP contribution in [0.3, 0.4) is 0 Å². The Kier molecular flexibility index (Phi) is 6.77. The lowest BCUT2D eigenvalue weighted by atomic mass is 9.96. The number of nitro benzene ring substituents is 1. The number of anilines is 1. The lowest BCUT2D eigenvalue weighted by Crippen LogP contribution is -2.37. The zero-order chi connectivity index (χ0) is 20.2. The number of nitrogens with zero attached hydrogens (tertiary/aromatic N) is 2. The second-order valence-corrected chi connectivity index (χ2v) is 8.41. The van der Waals surface area contributed by atoms with Gasteiger partial charge in [-0.25, -0.2) is 13.1 Å². The van der Waals surface area contributed by atoms with Gasteiger partial charge in [0.15, 0.2) is 0 Å². The van der Waals surface area contributed by atoms with Gasteiger partial charge in [0.2, 0.25) is 10.0 Å². The van der Waals surface area contributed by atoms with Gasteiger partial charge in [-0.2, -0.15) is 0 Å². The van der Waals surface area contributed by atoms with Crippen molar-refractivity contribution < 1.29 is 22.9 Å². The van der Waals surface area contributed by atoms with Crippen LogP contribution < -0.4 is 9.62 Å². The first-order valence-electron chi connectivity index (χ1n) is 8.88. The Morgan fingerprint density at radius 1 is 1.37 bits per heavy atom. The minimum absolute atomic E-state index is 0.145. The van der Waals surface area contributed by atoms with Crippen molar-refractivity contribution in [2.45, 2.75) is 44.6 Å². The highest BCUT2D eigenvalue weighted by molar-refractivity contribution is 7.89. The van der Waals surface area contributed by atoms with Crippen molar-refractivity contribution in [2.24, 2.45) is 5.92 Å². The summed E-state index contributed by atoms with van der Waals surface area (Å²) >= 11 is 0. The second kappa shape index (κ2) is 8.66. The molecule has 1 fully saturated rings. The molecule has 1 N–H and O–H groups in total. The number of hydrogen-bond acceptors (Lipinski definition) is 7. The number of benzene rings is 1. The van der Waals surface area contributed by atoms with E-state index in [1.165, 1.54) is 12.1 Å². The molecule has 10 heteroatoms. The maximum Gasteiger partial charge on any atom is 0.309 e. The Balaban J connectivity index is 2.23. The number of ether oxygens (including phenoxy) is 1. The van der Waals surface area contributed by atoms with Crippen molar-refractivity contribution in [3.05, 3.63) is 28.3 Å². The Labute approximate surface area is 158 Å². The van der Waals surface area contributed by atoms with Crippen molar-refractivity contribution in [1.29, 1.82) is 0 Å². The van der Waals surface area contributed by atoms with Gasteiger partial charge in [-0.15, -0.1) is 0 Å². The summed E-state index contributed by atoms with van der Waals surface area (Å²) in [5.74, 6) is -0.456. The molecule has 0 aliphatic carbocycles. The largest absolute Gasteiger partial charge is 0.466 e. The maximum absolute atomic E-state index is 12.3. The number of piperidine rings is 1. The molecule has 2 rings (SSSR count). The van der Waals surface area contributed by atoms with Crippen LogP contribution in [0.5, 0.6) is 0 Å². The number of nitrogens with one attached hydrogen (secondary N) is 1. The molecular formula is C17H25N3O6S. The van der Waals surface area contributed by atoms with Gasteiger partial charge >= 0.3 is 5.97 Å². The van der Waals surface area contributed by atoms with E-state index in [9.17, 15) is 23.3 Å². The van der Waals surface area contributed by atoms with E-state index in [-0.39, 0.29) is 28.5 Å². The standard InChI is InChI=1S/C17H25N3O6S/c1-4-26-17(21)13-7-9-19(10-8-13)15-6-5-14(11-16(15)20(22)23)27(24,25)18-12(2)3/h5-6,11-13,18H,4,7-10H2,1-3H3. The highest BCUT2D eigenvalue weighted by atomic mass is 32.2. The molecule has 1 heterocycles. The van der Waals surface area contributed by atoms with E-state index in [0.29, 0.717) is 38.2 Å². The molecule has 1 aliphatic heterocycles. The van der Waals surface area contributed by atoms with E-state index in [2.05, 4.69) is 4.72 Å². The molecule has 0 unspecified atom stereocenters. The molecule has 0 atom stereocenters. The monoisotopic (exact) mass is 399 g/mol. The third-order valence-electron chi connectivity index (χ3n) is 4.30. The molecule has 27 heavy (non-hydrogen) atoms. The Morgan fingerprint density at radius 2 is 2.00 bits per heavy atom. The number of hydrogen-bond donors (Lipinski definition) is 1. The topological polar surface area (TPSA) is 119 Å². The van der Waals surface area contributed by atoms with Crippen molar-refractivity contribution in [2.75, 3.05) is 24.6 Å². The Morgan fingerprint density at radius 3 is 2.52 bits per heavy atom. The van der Waals surface area contributed by atoms with E-state index in [1.807, 2.05) is 0 Å². The van der Waals surface area contributed by atoms with Crippen LogP contribution in [0.1, 0.15) is 33.6 Å². The first-order valence-corrected chi connectivity index (χ1v) is 10.4. The van der Waals surface area contributed by atoms with Crippen LogP contribution in [-0.4, -0.2) is 45.0 Å². The van der Waals surface area contributed by atoms with Crippen LogP contribution in [0.4, 0.5) is 11.4 Å². The zero-order valence-electron chi connectivity index (χ0n) is 15.7. The van der Waals surface area contributed by atoms with Crippen LogP contribution in [0, 0.1) is 16.0 Å². The molecule has 0 spiro atoms. The third-order valence-corrected chi connectivity index (χ3v) is 5.96. The van der Waals surface area contributed by atoms with Gasteiger partial charge in [0, 0.05) is 25.2 Å². The lowest BCUT2D eigenvalue weighted by molar-refractivity contribution is -0.384. The maximum atomic E-state index is 12.3. The molecule has 1 saturated heterocycles. The SMILES string of the molecule is CCOC(=O)C1CCN(c2ccc(S(=O)(=O)NC(C)C)cc2[N+](=O)[O-])CC1. The average Bonchev–Trinajstić information content (AvgIpc) is 2.60. The number of sulfonamides is 1. The van der Waals surface area contributed by atoms with Crippen LogP contribution in [0.15, 0.2) is 23.1 Å². The summed E-state index contributed by atoms with van der Waals surface area (Å²) < 4.78 is 32.0. The van der Waals surface area contributed by atoms with E-state index >= 15 is 0 Å². The first kappa shape index (κ1) is 21.1. The number of rotatable bonds is 7. The quantitative estimate of drug-likeness (QED) is 0.423. The lowest BCUT2D eigenvalue weighted by Gasteiger charge is -2.32. The summed E-state index contributed by atoms with van der Waals surface area (Å²) in [6.07, 6.45) is 1.07. The second-order valence-electron chi connectivity index (χ2n) is 6.70. The number of carbonyl (C=O) groups excluding carboxylic acids is 1. The number of nitro groups is 1. The van der Waals surface area contributed by atoms with Gasteiger partial charge < -0.3 is 9.64 Å². The van der Waals surface area contributed by atoms with Crippen molar-refractivity contribution in [1.82, 2.24) is 4.72 Å². The minimum Gasteiger partial charge on any atom is -0.466 e. The van der Waals surface area contributed by atoms with Crippen LogP contribution in [0.2, 0.25) is 0 Å². The van der Waals surface area contributed by atoms with Gasteiger partial charge in [0.25, 0.3) is 5.69 Å². The number of esters is 1. The summed E-state index contributed by atoms with van der Waals surface area (Å²) in [6.45, 7) is 6.34. The molecule has 9 nitrogen and oxygen atoms in total. The van der Waals surface area contributed by atoms with E-state index in [1.54, 1.807) is 25.7 Å². The predicted octanol–water partition coefficient (Wildman–Crippen LogP) is 2.06. The molecule has 1 aliphatic rings. The van der Waals surface area contributed by atoms with Crippen molar-refractivity contribution >= 4 is 27.4 Å². The summed E-state index contributed by atoms with van der Waals surface area (Å²) in [5, 5.41) is 11.5. The summed E-state index contributed by atoms with van der Waals surface area (Å²) in [5.41, 5.74) is 0.0852. The fraction of sp³-hybridized carbons (Fsp3) is 0.588. The Hall–Kier alpha value is -2.20. The van der Waals surface area contributed by atoms with E-state index in [4.69, 9.17) is 4.74 Å². The first-order chi connectivity index (χ1) is 12.7. The van der Waals surface area contributed by atoms with Crippen LogP contribution in [0.25, 0.3) is 0 Å². The molecule has 1 aromatic carbocycles. The molecule has 0 aromatic heterocycles. The molecule has 1 aromatic rings. The minimum atomic E-state index is -3.82. The molecular weight excluding hydrogens is 374 g/mol. The molecule has 150 valence electrons. The smallest absolute Gasteiger partial charge is 0.309 e. The Bertz CT molecular complexity index is 801. The summed E-state index contributed by atoms with van der Waals surface area (Å²) in [7, 11) is -3.82. The fourth-order valence-electron chi connectivity index (χ4n) is 3.08. The third kappa shape index (κ3) is 5.16. The van der Waals surface area contributed by atoms with Crippen LogP contribution >= 0.6 is 0 Å². The molecule has 0 saturated carbocycles. The van der Waals surface area contributed by atoms with Gasteiger partial charge in [0.1, 0.15) is 5.69 Å². The van der Waals surface area contributed by atoms with E-state index in [0.717, 1.165) is 6.07 Å². The van der Waals surface area contributed by atoms with Gasteiger partial charge in [-0.05, 0) is 45.7 Å². The van der Waals surface area contributed by atoms with Crippen molar-refractivity contribution in [3.8, 4) is 0 Å². The molecule has 0 amide bonds. The molecule has 0 radical (unpaired) electrons. The zero-order valence-corrected chi connectivity index (χ0v) is 16.5. The highest BCUT2D eigenvalue weighted by Gasteiger charge is 2.30. The number of carbonyl (C=O) groups is 1. The molecule has 0 bridgehead atoms.